The van der Waals surface area contributed by atoms with Gasteiger partial charge in [0.05, 0.1) is 0 Å². The molecule has 2 rings (SSSR count). The molecule has 0 radical (unpaired) electrons. The monoisotopic (exact) mass is 422 g/mol. The molecule has 0 aromatic heterocycles. The van der Waals surface area contributed by atoms with E-state index in [-0.39, 0.29) is 45.6 Å². The molecule has 1 atom stereocenters. The van der Waals surface area contributed by atoms with Gasteiger partial charge in [-0.25, -0.2) is 0 Å². The van der Waals surface area contributed by atoms with Gasteiger partial charge in [0.2, 0.25) is 0 Å². The fourth-order valence-corrected chi connectivity index (χ4v) is 4.42. The van der Waals surface area contributed by atoms with Crippen molar-refractivity contribution in [2.75, 3.05) is 0 Å². The van der Waals surface area contributed by atoms with E-state index in [4.69, 9.17) is 9.47 Å². The number of hydrogen-bond donors (Lipinski definition) is 0. The second-order valence-electron chi connectivity index (χ2n) is 9.68. The van der Waals surface area contributed by atoms with Gasteiger partial charge in [-0.3, -0.25) is 4.79 Å². The SMILES string of the molecule is Cc1cc(C)c(C(=O)Pc2ccc(OC(C)(C)C)cc2OC(C)(C)C)c(C)c1C.[H-].[Li+]. The van der Waals surface area contributed by atoms with Crippen LogP contribution in [-0.4, -0.2) is 16.7 Å². The van der Waals surface area contributed by atoms with Crippen LogP contribution in [0, 0.1) is 27.7 Å². The Hall–Kier alpha value is -1.26. The summed E-state index contributed by atoms with van der Waals surface area (Å²) in [6.45, 7) is 20.3. The minimum atomic E-state index is -0.366. The van der Waals surface area contributed by atoms with E-state index in [1.165, 1.54) is 11.1 Å². The molecule has 0 saturated carbocycles. The molecule has 1 unspecified atom stereocenters. The Morgan fingerprint density at radius 1 is 0.833 bits per heavy atom. The average molecular weight is 422 g/mol. The Bertz CT molecular complexity index is 928. The van der Waals surface area contributed by atoms with Crippen molar-refractivity contribution in [1.82, 2.24) is 0 Å². The predicted molar refractivity (Wildman–Crippen MR) is 126 cm³/mol. The summed E-state index contributed by atoms with van der Waals surface area (Å²) in [4.78, 5) is 13.3. The normalized spacial score (nSPS) is 12.1. The molecule has 30 heavy (non-hydrogen) atoms. The van der Waals surface area contributed by atoms with E-state index >= 15 is 0 Å². The van der Waals surface area contributed by atoms with Crippen LogP contribution in [0.3, 0.4) is 0 Å². The van der Waals surface area contributed by atoms with Crippen LogP contribution in [0.15, 0.2) is 24.3 Å². The standard InChI is InChI=1S/C25H35O3P.Li.H/c1-15-13-16(2)22(18(4)17(15)3)23(26)29-21-12-11-19(27-24(5,6)7)14-20(21)28-25(8,9)10;;/h11-14,29H,1-10H3;;/q;+1;-1. The number of aryl methyl sites for hydroxylation is 2. The largest absolute Gasteiger partial charge is 1.00 e. The van der Waals surface area contributed by atoms with E-state index in [0.717, 1.165) is 27.7 Å². The minimum absolute atomic E-state index is 0. The molecule has 0 heterocycles. The molecule has 0 aliphatic heterocycles. The van der Waals surface area contributed by atoms with Gasteiger partial charge in [-0.1, -0.05) is 6.07 Å². The van der Waals surface area contributed by atoms with Gasteiger partial charge in [-0.05, 0) is 112 Å². The van der Waals surface area contributed by atoms with Crippen molar-refractivity contribution < 1.29 is 34.6 Å². The van der Waals surface area contributed by atoms with E-state index in [1.807, 2.05) is 73.6 Å². The van der Waals surface area contributed by atoms with Gasteiger partial charge in [-0.2, -0.15) is 0 Å². The maximum Gasteiger partial charge on any atom is 1.00 e. The number of carbonyl (C=O) groups excluding carboxylic acids is 1. The first-order valence-electron chi connectivity index (χ1n) is 10.1. The maximum absolute atomic E-state index is 13.3. The van der Waals surface area contributed by atoms with Crippen molar-refractivity contribution in [3.05, 3.63) is 52.1 Å². The number of hydrogen-bond acceptors (Lipinski definition) is 3. The summed E-state index contributed by atoms with van der Waals surface area (Å²) in [6.07, 6.45) is 0. The van der Waals surface area contributed by atoms with E-state index in [1.54, 1.807) is 0 Å². The first-order chi connectivity index (χ1) is 13.2. The third-order valence-electron chi connectivity index (χ3n) is 4.62. The summed E-state index contributed by atoms with van der Waals surface area (Å²) < 4.78 is 12.2. The molecule has 0 spiro atoms. The molecule has 5 heteroatoms. The summed E-state index contributed by atoms with van der Waals surface area (Å²) in [5, 5.41) is 0.906. The zero-order valence-electron chi connectivity index (χ0n) is 21.5. The van der Waals surface area contributed by atoms with Crippen molar-refractivity contribution in [1.29, 1.82) is 0 Å². The Kier molecular flexibility index (Phi) is 8.84. The number of ether oxygens (including phenoxy) is 2. The van der Waals surface area contributed by atoms with Gasteiger partial charge in [0.1, 0.15) is 22.7 Å². The Labute approximate surface area is 197 Å². The van der Waals surface area contributed by atoms with Gasteiger partial charge < -0.3 is 10.9 Å². The van der Waals surface area contributed by atoms with Crippen molar-refractivity contribution in [3.8, 4) is 11.5 Å². The smallest absolute Gasteiger partial charge is 1.00 e. The molecule has 0 saturated heterocycles. The van der Waals surface area contributed by atoms with Crippen LogP contribution in [0.25, 0.3) is 0 Å². The molecule has 0 amide bonds. The molecule has 0 aliphatic rings. The summed E-state index contributed by atoms with van der Waals surface area (Å²) in [5.41, 5.74) is 4.83. The van der Waals surface area contributed by atoms with Crippen LogP contribution < -0.4 is 33.6 Å². The third kappa shape index (κ3) is 7.16. The van der Waals surface area contributed by atoms with Gasteiger partial charge in [-0.15, -0.1) is 0 Å². The summed E-state index contributed by atoms with van der Waals surface area (Å²) in [7, 11) is -0.00868. The summed E-state index contributed by atoms with van der Waals surface area (Å²) in [6, 6.07) is 7.90. The summed E-state index contributed by atoms with van der Waals surface area (Å²) in [5.74, 6) is 1.46. The molecule has 2 aromatic carbocycles. The van der Waals surface area contributed by atoms with Crippen LogP contribution >= 0.6 is 8.58 Å². The maximum atomic E-state index is 13.3. The van der Waals surface area contributed by atoms with Crippen LogP contribution in [-0.2, 0) is 0 Å². The van der Waals surface area contributed by atoms with Gasteiger partial charge in [0.25, 0.3) is 0 Å². The van der Waals surface area contributed by atoms with Crippen molar-refractivity contribution in [3.63, 3.8) is 0 Å². The van der Waals surface area contributed by atoms with E-state index < -0.39 is 0 Å². The first kappa shape index (κ1) is 26.8. The van der Waals surface area contributed by atoms with Gasteiger partial charge >= 0.3 is 18.9 Å². The quantitative estimate of drug-likeness (QED) is 0.546. The van der Waals surface area contributed by atoms with Gasteiger partial charge in [0, 0.05) is 16.9 Å². The van der Waals surface area contributed by atoms with Crippen molar-refractivity contribution in [2.24, 2.45) is 0 Å². The number of rotatable bonds is 5. The number of benzene rings is 2. The average Bonchev–Trinajstić information content (AvgIpc) is 2.52. The van der Waals surface area contributed by atoms with Crippen LogP contribution in [0.4, 0.5) is 0 Å². The second-order valence-corrected chi connectivity index (χ2v) is 10.9. The molecule has 2 aromatic rings. The van der Waals surface area contributed by atoms with Crippen LogP contribution in [0.1, 0.15) is 75.6 Å². The first-order valence-corrected chi connectivity index (χ1v) is 11.1. The van der Waals surface area contributed by atoms with Gasteiger partial charge in [0.15, 0.2) is 5.52 Å². The minimum Gasteiger partial charge on any atom is -1.00 e. The zero-order valence-corrected chi connectivity index (χ0v) is 21.5. The zero-order chi connectivity index (χ0) is 22.1. The third-order valence-corrected chi connectivity index (χ3v) is 5.78. The molecule has 160 valence electrons. The summed E-state index contributed by atoms with van der Waals surface area (Å²) >= 11 is 0. The van der Waals surface area contributed by atoms with Crippen molar-refractivity contribution in [2.45, 2.75) is 80.4 Å². The Balaban J connectivity index is 0.00000450. The second kappa shape index (κ2) is 9.91. The fraction of sp³-hybridized carbons (Fsp3) is 0.480. The van der Waals surface area contributed by atoms with E-state index in [0.29, 0.717) is 5.75 Å². The molecular formula is C25H36LiO3P. The van der Waals surface area contributed by atoms with Crippen LogP contribution in [0.5, 0.6) is 11.5 Å². The topological polar surface area (TPSA) is 35.5 Å². The molecule has 0 fully saturated rings. The Morgan fingerprint density at radius 3 is 1.93 bits per heavy atom. The molecule has 3 nitrogen and oxygen atoms in total. The molecule has 0 aliphatic carbocycles. The molecule has 0 bridgehead atoms. The number of carbonyl (C=O) groups is 1. The van der Waals surface area contributed by atoms with Crippen LogP contribution in [0.2, 0.25) is 0 Å². The fourth-order valence-electron chi connectivity index (χ4n) is 3.26. The molecular weight excluding hydrogens is 386 g/mol. The van der Waals surface area contributed by atoms with Crippen molar-refractivity contribution >= 4 is 19.4 Å². The van der Waals surface area contributed by atoms with E-state index in [2.05, 4.69) is 19.9 Å². The van der Waals surface area contributed by atoms with E-state index in [9.17, 15) is 4.79 Å². The Morgan fingerprint density at radius 2 is 1.40 bits per heavy atom. The predicted octanol–water partition coefficient (Wildman–Crippen LogP) is 3.54. The molecule has 0 N–H and O–H groups in total.